The number of amides is 1. The molecule has 3 nitrogen and oxygen atoms in total. The first-order chi connectivity index (χ1) is 10.0. The van der Waals surface area contributed by atoms with E-state index in [4.69, 9.17) is 11.6 Å². The Bertz CT molecular complexity index is 599. The van der Waals surface area contributed by atoms with Gasteiger partial charge in [0, 0.05) is 16.8 Å². The number of halogens is 2. The minimum absolute atomic E-state index is 0.0402. The predicted molar refractivity (Wildman–Crippen MR) is 82.9 cm³/mol. The number of hydrogen-bond donors (Lipinski definition) is 2. The van der Waals surface area contributed by atoms with Crippen LogP contribution in [0.1, 0.15) is 18.5 Å². The summed E-state index contributed by atoms with van der Waals surface area (Å²) in [7, 11) is 0. The van der Waals surface area contributed by atoms with E-state index < -0.39 is 0 Å². The maximum absolute atomic E-state index is 12.8. The van der Waals surface area contributed by atoms with Gasteiger partial charge in [-0.2, -0.15) is 0 Å². The molecule has 2 aromatic rings. The smallest absolute Gasteiger partial charge is 0.238 e. The lowest BCUT2D eigenvalue weighted by molar-refractivity contribution is -0.115. The third-order valence-electron chi connectivity index (χ3n) is 3.07. The van der Waals surface area contributed by atoms with Crippen LogP contribution in [0.15, 0.2) is 48.5 Å². The second kappa shape index (κ2) is 7.20. The lowest BCUT2D eigenvalue weighted by Crippen LogP contribution is -2.30. The minimum Gasteiger partial charge on any atom is -0.325 e. The molecule has 0 saturated heterocycles. The highest BCUT2D eigenvalue weighted by Crippen LogP contribution is 2.14. The molecule has 0 aromatic heterocycles. The summed E-state index contributed by atoms with van der Waals surface area (Å²) in [5.41, 5.74) is 1.62. The van der Waals surface area contributed by atoms with E-state index >= 15 is 0 Å². The van der Waals surface area contributed by atoms with E-state index in [2.05, 4.69) is 10.6 Å². The van der Waals surface area contributed by atoms with Crippen LogP contribution in [-0.2, 0) is 4.79 Å². The first-order valence-corrected chi connectivity index (χ1v) is 6.96. The van der Waals surface area contributed by atoms with Crippen molar-refractivity contribution in [2.75, 3.05) is 11.9 Å². The Hall–Kier alpha value is -1.91. The number of hydrogen-bond acceptors (Lipinski definition) is 2. The van der Waals surface area contributed by atoms with Crippen LogP contribution in [0.25, 0.3) is 0 Å². The lowest BCUT2D eigenvalue weighted by Gasteiger charge is -2.14. The summed E-state index contributed by atoms with van der Waals surface area (Å²) >= 11 is 5.78. The van der Waals surface area contributed by atoms with Gasteiger partial charge in [-0.25, -0.2) is 4.39 Å². The molecule has 2 N–H and O–H groups in total. The summed E-state index contributed by atoms with van der Waals surface area (Å²) in [5.74, 6) is -0.419. The van der Waals surface area contributed by atoms with Gasteiger partial charge in [-0.05, 0) is 48.9 Å². The van der Waals surface area contributed by atoms with Crippen LogP contribution < -0.4 is 10.6 Å². The van der Waals surface area contributed by atoms with E-state index in [1.807, 2.05) is 6.92 Å². The third-order valence-corrected chi connectivity index (χ3v) is 3.32. The second-order valence-corrected chi connectivity index (χ2v) is 5.15. The molecule has 1 atom stereocenters. The van der Waals surface area contributed by atoms with Gasteiger partial charge in [0.15, 0.2) is 0 Å². The van der Waals surface area contributed by atoms with E-state index in [0.29, 0.717) is 10.7 Å². The molecule has 0 fully saturated rings. The van der Waals surface area contributed by atoms with E-state index in [9.17, 15) is 9.18 Å². The normalized spacial score (nSPS) is 12.0. The quantitative estimate of drug-likeness (QED) is 0.883. The van der Waals surface area contributed by atoms with Crippen molar-refractivity contribution < 1.29 is 9.18 Å². The number of nitrogens with one attached hydrogen (secondary N) is 2. The van der Waals surface area contributed by atoms with E-state index in [1.165, 1.54) is 12.1 Å². The Morgan fingerprint density at radius 2 is 1.76 bits per heavy atom. The molecule has 1 amide bonds. The summed E-state index contributed by atoms with van der Waals surface area (Å²) in [6.07, 6.45) is 0. The fraction of sp³-hybridized carbons (Fsp3) is 0.188. The summed E-state index contributed by atoms with van der Waals surface area (Å²) in [6, 6.07) is 13.1. The molecule has 0 radical (unpaired) electrons. The third kappa shape index (κ3) is 4.85. The molecule has 0 bridgehead atoms. The highest BCUT2D eigenvalue weighted by molar-refractivity contribution is 6.30. The standard InChI is InChI=1S/C16H16ClFN2O/c1-11(12-2-6-14(18)7-3-12)19-10-16(21)20-15-8-4-13(17)5-9-15/h2-9,11,19H,10H2,1H3,(H,20,21). The van der Waals surface area contributed by atoms with E-state index in [1.54, 1.807) is 36.4 Å². The number of carbonyl (C=O) groups excluding carboxylic acids is 1. The van der Waals surface area contributed by atoms with Crippen molar-refractivity contribution in [1.82, 2.24) is 5.32 Å². The maximum Gasteiger partial charge on any atom is 0.238 e. The molecule has 0 heterocycles. The number of carbonyl (C=O) groups is 1. The molecule has 0 aliphatic carbocycles. The Balaban J connectivity index is 1.83. The van der Waals surface area contributed by atoms with Gasteiger partial charge in [0.1, 0.15) is 5.82 Å². The molecule has 1 unspecified atom stereocenters. The fourth-order valence-electron chi connectivity index (χ4n) is 1.85. The largest absolute Gasteiger partial charge is 0.325 e. The zero-order chi connectivity index (χ0) is 15.2. The monoisotopic (exact) mass is 306 g/mol. The Morgan fingerprint density at radius 1 is 1.14 bits per heavy atom. The van der Waals surface area contributed by atoms with Gasteiger partial charge in [0.05, 0.1) is 6.54 Å². The fourth-order valence-corrected chi connectivity index (χ4v) is 1.98. The Morgan fingerprint density at radius 3 is 2.38 bits per heavy atom. The van der Waals surface area contributed by atoms with Crippen LogP contribution in [0, 0.1) is 5.82 Å². The van der Waals surface area contributed by atoms with Crippen LogP contribution in [0.3, 0.4) is 0 Å². The van der Waals surface area contributed by atoms with Crippen molar-refractivity contribution in [1.29, 1.82) is 0 Å². The second-order valence-electron chi connectivity index (χ2n) is 4.71. The zero-order valence-electron chi connectivity index (χ0n) is 11.6. The first-order valence-electron chi connectivity index (χ1n) is 6.59. The Labute approximate surface area is 128 Å². The van der Waals surface area contributed by atoms with Gasteiger partial charge in [0.25, 0.3) is 0 Å². The van der Waals surface area contributed by atoms with Gasteiger partial charge in [-0.1, -0.05) is 23.7 Å². The van der Waals surface area contributed by atoms with E-state index in [-0.39, 0.29) is 24.3 Å². The molecular weight excluding hydrogens is 291 g/mol. The molecule has 5 heteroatoms. The SMILES string of the molecule is CC(NCC(=O)Nc1ccc(Cl)cc1)c1ccc(F)cc1. The van der Waals surface area contributed by atoms with Crippen molar-refractivity contribution in [2.45, 2.75) is 13.0 Å². The number of rotatable bonds is 5. The van der Waals surface area contributed by atoms with Crippen LogP contribution in [0.5, 0.6) is 0 Å². The van der Waals surface area contributed by atoms with Crippen molar-refractivity contribution in [2.24, 2.45) is 0 Å². The molecule has 2 aromatic carbocycles. The highest BCUT2D eigenvalue weighted by atomic mass is 35.5. The molecule has 21 heavy (non-hydrogen) atoms. The average molecular weight is 307 g/mol. The lowest BCUT2D eigenvalue weighted by atomic mass is 10.1. The molecule has 2 rings (SSSR count). The van der Waals surface area contributed by atoms with Gasteiger partial charge < -0.3 is 10.6 Å². The summed E-state index contributed by atoms with van der Waals surface area (Å²) in [6.45, 7) is 2.09. The molecule has 0 saturated carbocycles. The zero-order valence-corrected chi connectivity index (χ0v) is 12.3. The van der Waals surface area contributed by atoms with Crippen molar-refractivity contribution in [3.63, 3.8) is 0 Å². The Kier molecular flexibility index (Phi) is 5.31. The molecule has 0 aliphatic rings. The summed E-state index contributed by atoms with van der Waals surface area (Å²) < 4.78 is 12.8. The highest BCUT2D eigenvalue weighted by Gasteiger charge is 2.08. The van der Waals surface area contributed by atoms with Crippen molar-refractivity contribution in [3.8, 4) is 0 Å². The maximum atomic E-state index is 12.8. The van der Waals surface area contributed by atoms with Gasteiger partial charge in [-0.3, -0.25) is 4.79 Å². The van der Waals surface area contributed by atoms with Gasteiger partial charge >= 0.3 is 0 Å². The van der Waals surface area contributed by atoms with Crippen LogP contribution in [0.4, 0.5) is 10.1 Å². The number of anilines is 1. The summed E-state index contributed by atoms with van der Waals surface area (Å²) in [5, 5.41) is 6.48. The first kappa shape index (κ1) is 15.5. The van der Waals surface area contributed by atoms with Crippen molar-refractivity contribution >= 4 is 23.2 Å². The number of benzene rings is 2. The van der Waals surface area contributed by atoms with Gasteiger partial charge in [0.2, 0.25) is 5.91 Å². The molecule has 110 valence electrons. The molecule has 0 spiro atoms. The topological polar surface area (TPSA) is 41.1 Å². The summed E-state index contributed by atoms with van der Waals surface area (Å²) in [4.78, 5) is 11.8. The minimum atomic E-state index is -0.272. The molecular formula is C16H16ClFN2O. The van der Waals surface area contributed by atoms with Crippen molar-refractivity contribution in [3.05, 3.63) is 64.9 Å². The van der Waals surface area contributed by atoms with Crippen LogP contribution in [-0.4, -0.2) is 12.5 Å². The van der Waals surface area contributed by atoms with E-state index in [0.717, 1.165) is 5.56 Å². The molecule has 0 aliphatic heterocycles. The van der Waals surface area contributed by atoms with Crippen LogP contribution in [0.2, 0.25) is 5.02 Å². The average Bonchev–Trinajstić information content (AvgIpc) is 2.48. The van der Waals surface area contributed by atoms with Gasteiger partial charge in [-0.15, -0.1) is 0 Å². The predicted octanol–water partition coefficient (Wildman–Crippen LogP) is 3.77. The van der Waals surface area contributed by atoms with Crippen LogP contribution >= 0.6 is 11.6 Å².